The molecule has 3 heterocycles. The molecule has 1 aliphatic heterocycles. The summed E-state index contributed by atoms with van der Waals surface area (Å²) in [6.07, 6.45) is 3.34. The third-order valence-corrected chi connectivity index (χ3v) is 5.37. The number of aromatic nitrogens is 3. The maximum atomic E-state index is 11.8. The molecule has 0 N–H and O–H groups in total. The Morgan fingerprint density at radius 3 is 2.26 bits per heavy atom. The summed E-state index contributed by atoms with van der Waals surface area (Å²) < 4.78 is 22.3. The molecule has 1 aliphatic rings. The van der Waals surface area contributed by atoms with Gasteiger partial charge < -0.3 is 18.9 Å². The highest BCUT2D eigenvalue weighted by Gasteiger charge is 2.47. The maximum Gasteiger partial charge on any atom is 0.303 e. The number of hydrogen-bond acceptors (Lipinski definition) is 11. The van der Waals surface area contributed by atoms with E-state index in [1.807, 2.05) is 0 Å². The molecule has 0 bridgehead atoms. The van der Waals surface area contributed by atoms with Gasteiger partial charge in [-0.25, -0.2) is 9.97 Å². The van der Waals surface area contributed by atoms with Gasteiger partial charge in [-0.2, -0.15) is 0 Å². The van der Waals surface area contributed by atoms with Gasteiger partial charge in [0.15, 0.2) is 23.7 Å². The minimum atomic E-state index is -1.03. The number of ether oxygens (including phenoxy) is 4. The zero-order valence-corrected chi connectivity index (χ0v) is 17.9. The van der Waals surface area contributed by atoms with Crippen LogP contribution in [0.25, 0.3) is 11.3 Å². The van der Waals surface area contributed by atoms with Crippen LogP contribution in [0.2, 0.25) is 0 Å². The van der Waals surface area contributed by atoms with Crippen LogP contribution in [-0.4, -0.2) is 62.4 Å². The zero-order chi connectivity index (χ0) is 22.4. The van der Waals surface area contributed by atoms with Crippen molar-refractivity contribution in [3.8, 4) is 17.0 Å². The molecule has 10 nitrogen and oxygen atoms in total. The van der Waals surface area contributed by atoms with Crippen molar-refractivity contribution in [1.82, 2.24) is 15.0 Å². The van der Waals surface area contributed by atoms with Gasteiger partial charge >= 0.3 is 17.9 Å². The molecule has 0 aliphatic carbocycles. The highest BCUT2D eigenvalue weighted by atomic mass is 32.2. The van der Waals surface area contributed by atoms with Crippen LogP contribution in [-0.2, 0) is 28.6 Å². The van der Waals surface area contributed by atoms with Crippen molar-refractivity contribution in [3.05, 3.63) is 37.1 Å². The molecule has 0 unspecified atom stereocenters. The lowest BCUT2D eigenvalue weighted by Crippen LogP contribution is -2.55. The van der Waals surface area contributed by atoms with Crippen molar-refractivity contribution < 1.29 is 33.3 Å². The van der Waals surface area contributed by atoms with Gasteiger partial charge in [-0.1, -0.05) is 0 Å². The molecule has 0 saturated carbocycles. The average Bonchev–Trinajstić information content (AvgIpc) is 2.72. The third kappa shape index (κ3) is 5.91. The van der Waals surface area contributed by atoms with Crippen LogP contribution in [0.3, 0.4) is 0 Å². The van der Waals surface area contributed by atoms with Crippen LogP contribution >= 0.6 is 11.8 Å². The van der Waals surface area contributed by atoms with E-state index in [1.165, 1.54) is 38.9 Å². The third-order valence-electron chi connectivity index (χ3n) is 4.15. The van der Waals surface area contributed by atoms with Gasteiger partial charge in [-0.15, -0.1) is 11.8 Å². The molecule has 2 aromatic rings. The van der Waals surface area contributed by atoms with Crippen molar-refractivity contribution in [2.75, 3.05) is 5.75 Å². The zero-order valence-electron chi connectivity index (χ0n) is 17.1. The number of carbonyl (C=O) groups excluding carboxylic acids is 3. The molecule has 0 radical (unpaired) electrons. The van der Waals surface area contributed by atoms with E-state index in [0.29, 0.717) is 17.0 Å². The smallest absolute Gasteiger partial charge is 0.303 e. The first kappa shape index (κ1) is 22.5. The second-order valence-corrected chi connectivity index (χ2v) is 7.72. The van der Waals surface area contributed by atoms with E-state index in [2.05, 4.69) is 15.0 Å². The first-order valence-corrected chi connectivity index (χ1v) is 10.4. The molecule has 31 heavy (non-hydrogen) atoms. The molecular weight excluding hydrogens is 426 g/mol. The van der Waals surface area contributed by atoms with Crippen LogP contribution in [0.4, 0.5) is 0 Å². The van der Waals surface area contributed by atoms with Crippen molar-refractivity contribution in [1.29, 1.82) is 0 Å². The molecule has 0 amide bonds. The number of thioether (sulfide) groups is 1. The Labute approximate surface area is 182 Å². The Bertz CT molecular complexity index is 943. The molecule has 4 atom stereocenters. The Kier molecular flexibility index (Phi) is 7.40. The van der Waals surface area contributed by atoms with Crippen LogP contribution in [0.5, 0.6) is 5.75 Å². The van der Waals surface area contributed by atoms with E-state index in [-0.39, 0.29) is 5.75 Å². The minimum absolute atomic E-state index is 0.268. The second-order valence-electron chi connectivity index (χ2n) is 6.59. The van der Waals surface area contributed by atoms with Crippen molar-refractivity contribution in [3.63, 3.8) is 0 Å². The minimum Gasteiger partial charge on any atom is -0.473 e. The molecule has 3 rings (SSSR count). The van der Waals surface area contributed by atoms with E-state index >= 15 is 0 Å². The number of esters is 3. The number of rotatable bonds is 6. The normalized spacial score (nSPS) is 22.8. The highest BCUT2D eigenvalue weighted by Crippen LogP contribution is 2.36. The van der Waals surface area contributed by atoms with Crippen LogP contribution in [0, 0.1) is 0 Å². The molecule has 0 aromatic carbocycles. The van der Waals surface area contributed by atoms with Gasteiger partial charge in [-0.3, -0.25) is 19.4 Å². The van der Waals surface area contributed by atoms with E-state index in [4.69, 9.17) is 18.9 Å². The van der Waals surface area contributed by atoms with Gasteiger partial charge in [-0.05, 0) is 12.1 Å². The Hall–Kier alpha value is -3.21. The van der Waals surface area contributed by atoms with Gasteiger partial charge in [0, 0.05) is 50.7 Å². The fraction of sp³-hybridized carbons (Fsp3) is 0.400. The molecule has 1 saturated heterocycles. The highest BCUT2D eigenvalue weighted by molar-refractivity contribution is 7.99. The Morgan fingerprint density at radius 1 is 0.968 bits per heavy atom. The Morgan fingerprint density at radius 2 is 1.61 bits per heavy atom. The number of nitrogens with zero attached hydrogens (tertiary/aromatic N) is 3. The summed E-state index contributed by atoms with van der Waals surface area (Å²) in [6.45, 7) is 3.71. The van der Waals surface area contributed by atoms with Crippen molar-refractivity contribution in [2.24, 2.45) is 0 Å². The first-order chi connectivity index (χ1) is 14.8. The fourth-order valence-corrected chi connectivity index (χ4v) is 4.27. The van der Waals surface area contributed by atoms with E-state index in [1.54, 1.807) is 30.7 Å². The van der Waals surface area contributed by atoms with Gasteiger partial charge in [0.2, 0.25) is 0 Å². The van der Waals surface area contributed by atoms with Crippen LogP contribution in [0.15, 0.2) is 37.1 Å². The number of hydrogen-bond donors (Lipinski definition) is 0. The van der Waals surface area contributed by atoms with Crippen molar-refractivity contribution >= 4 is 29.7 Å². The molecular formula is C20H21N3O7S. The summed E-state index contributed by atoms with van der Waals surface area (Å²) in [4.78, 5) is 47.4. The molecule has 11 heteroatoms. The van der Waals surface area contributed by atoms with Gasteiger partial charge in [0.1, 0.15) is 17.8 Å². The van der Waals surface area contributed by atoms with Crippen LogP contribution in [0.1, 0.15) is 20.8 Å². The van der Waals surface area contributed by atoms with E-state index in [0.717, 1.165) is 0 Å². The molecule has 164 valence electrons. The first-order valence-electron chi connectivity index (χ1n) is 9.35. The molecule has 2 aromatic heterocycles. The number of carbonyl (C=O) groups is 3. The lowest BCUT2D eigenvalue weighted by molar-refractivity contribution is -0.186. The lowest BCUT2D eigenvalue weighted by Gasteiger charge is -2.40. The largest absolute Gasteiger partial charge is 0.473 e. The Balaban J connectivity index is 1.92. The average molecular weight is 447 g/mol. The summed E-state index contributed by atoms with van der Waals surface area (Å²) in [7, 11) is 0. The molecule has 1 fully saturated rings. The lowest BCUT2D eigenvalue weighted by atomic mass is 10.1. The van der Waals surface area contributed by atoms with E-state index < -0.39 is 41.7 Å². The van der Waals surface area contributed by atoms with Gasteiger partial charge in [0.25, 0.3) is 0 Å². The standard InChI is InChI=1S/C20H21N3O7S/c1-11(24)27-16-9-31-20(19(29-13(3)26)18(16)28-12(2)25)30-15-5-4-6-23-17(15)14-7-21-10-22-8-14/h4-8,10,16,18-20H,9H2,1-3H3/t16-,18+,19-,20-/m1/s1. The number of pyridine rings is 1. The molecule has 0 spiro atoms. The van der Waals surface area contributed by atoms with E-state index in [9.17, 15) is 14.4 Å². The topological polar surface area (TPSA) is 127 Å². The second kappa shape index (κ2) is 10.2. The predicted octanol–water partition coefficient (Wildman–Crippen LogP) is 1.79. The summed E-state index contributed by atoms with van der Waals surface area (Å²) in [6, 6.07) is 3.40. The predicted molar refractivity (Wildman–Crippen MR) is 109 cm³/mol. The monoisotopic (exact) mass is 447 g/mol. The van der Waals surface area contributed by atoms with Gasteiger partial charge in [0.05, 0.1) is 0 Å². The summed E-state index contributed by atoms with van der Waals surface area (Å²) in [5, 5.41) is 0. The maximum absolute atomic E-state index is 11.8. The van der Waals surface area contributed by atoms with Crippen molar-refractivity contribution in [2.45, 2.75) is 44.5 Å². The summed E-state index contributed by atoms with van der Waals surface area (Å²) >= 11 is 1.27. The summed E-state index contributed by atoms with van der Waals surface area (Å²) in [5.74, 6) is -1.07. The fourth-order valence-electron chi connectivity index (χ4n) is 3.06. The summed E-state index contributed by atoms with van der Waals surface area (Å²) in [5.41, 5.74) is 0.376. The quantitative estimate of drug-likeness (QED) is 0.475. The van der Waals surface area contributed by atoms with Crippen LogP contribution < -0.4 is 4.74 Å². The SMILES string of the molecule is CC(=O)O[C@@H]1[C@@H](OC(C)=O)[C@H](OC(C)=O)CS[C@H]1Oc1cccnc1-c1cncnc1.